The summed E-state index contributed by atoms with van der Waals surface area (Å²) < 4.78 is 18.0. The van der Waals surface area contributed by atoms with Crippen LogP contribution < -0.4 is 5.32 Å². The molecule has 3 rings (SSSR count). The third kappa shape index (κ3) is 2.85. The van der Waals surface area contributed by atoms with Gasteiger partial charge in [0.2, 0.25) is 0 Å². The van der Waals surface area contributed by atoms with Gasteiger partial charge in [-0.1, -0.05) is 0 Å². The van der Waals surface area contributed by atoms with Gasteiger partial charge in [-0.05, 0) is 37.3 Å². The molecule has 0 unspecified atom stereocenters. The molecule has 0 atom stereocenters. The summed E-state index contributed by atoms with van der Waals surface area (Å²) in [4.78, 5) is 16.4. The van der Waals surface area contributed by atoms with Crippen LogP contribution in [-0.4, -0.2) is 10.9 Å². The molecule has 0 saturated carbocycles. The van der Waals surface area contributed by atoms with Gasteiger partial charge in [0.25, 0.3) is 5.91 Å². The first-order valence-corrected chi connectivity index (χ1v) is 7.08. The Hall–Kier alpha value is -2.47. The van der Waals surface area contributed by atoms with E-state index in [1.165, 1.54) is 29.7 Å². The summed E-state index contributed by atoms with van der Waals surface area (Å²) in [5, 5.41) is 5.02. The maximum absolute atomic E-state index is 12.9. The van der Waals surface area contributed by atoms with Gasteiger partial charge in [0.05, 0.1) is 17.5 Å². The summed E-state index contributed by atoms with van der Waals surface area (Å²) in [6.07, 6.45) is 1.47. The van der Waals surface area contributed by atoms with Crippen molar-refractivity contribution in [3.8, 4) is 11.3 Å². The lowest BCUT2D eigenvalue weighted by Crippen LogP contribution is -2.11. The lowest BCUT2D eigenvalue weighted by Gasteiger charge is -1.99. The third-order valence-electron chi connectivity index (χ3n) is 2.97. The van der Waals surface area contributed by atoms with Gasteiger partial charge in [0, 0.05) is 10.9 Å². The van der Waals surface area contributed by atoms with E-state index in [0.29, 0.717) is 22.1 Å². The van der Waals surface area contributed by atoms with Crippen LogP contribution in [-0.2, 0) is 0 Å². The van der Waals surface area contributed by atoms with Crippen LogP contribution in [0.15, 0.2) is 46.4 Å². The van der Waals surface area contributed by atoms with Gasteiger partial charge in [-0.15, -0.1) is 11.3 Å². The Bertz CT molecular complexity index is 777. The zero-order valence-electron chi connectivity index (χ0n) is 11.1. The molecule has 2 aromatic heterocycles. The van der Waals surface area contributed by atoms with E-state index in [0.717, 1.165) is 5.56 Å². The van der Waals surface area contributed by atoms with Crippen LogP contribution in [0.25, 0.3) is 11.3 Å². The van der Waals surface area contributed by atoms with Crippen LogP contribution in [0.2, 0.25) is 0 Å². The van der Waals surface area contributed by atoms with Crippen molar-refractivity contribution in [2.75, 3.05) is 5.32 Å². The minimum Gasteiger partial charge on any atom is -0.469 e. The lowest BCUT2D eigenvalue weighted by atomic mass is 10.2. The van der Waals surface area contributed by atoms with Gasteiger partial charge in [-0.2, -0.15) is 0 Å². The number of nitrogens with one attached hydrogen (secondary N) is 1. The largest absolute Gasteiger partial charge is 0.469 e. The number of hydrogen-bond donors (Lipinski definition) is 1. The normalized spacial score (nSPS) is 10.6. The molecule has 1 aromatic carbocycles. The molecule has 4 nitrogen and oxygen atoms in total. The van der Waals surface area contributed by atoms with Gasteiger partial charge in [-0.25, -0.2) is 9.37 Å². The summed E-state index contributed by atoms with van der Waals surface area (Å²) in [6, 6.07) is 7.66. The number of nitrogens with zero attached hydrogens (tertiary/aromatic N) is 1. The molecule has 0 saturated heterocycles. The van der Waals surface area contributed by atoms with Crippen LogP contribution >= 0.6 is 11.3 Å². The highest BCUT2D eigenvalue weighted by Crippen LogP contribution is 2.25. The van der Waals surface area contributed by atoms with E-state index in [4.69, 9.17) is 4.42 Å². The smallest absolute Gasteiger partial charge is 0.260 e. The van der Waals surface area contributed by atoms with Crippen molar-refractivity contribution in [1.82, 2.24) is 4.98 Å². The summed E-state index contributed by atoms with van der Waals surface area (Å²) in [6.45, 7) is 1.72. The quantitative estimate of drug-likeness (QED) is 0.792. The minimum atomic E-state index is -0.294. The monoisotopic (exact) mass is 302 g/mol. The van der Waals surface area contributed by atoms with Gasteiger partial charge in [-0.3, -0.25) is 10.1 Å². The van der Waals surface area contributed by atoms with Gasteiger partial charge >= 0.3 is 0 Å². The van der Waals surface area contributed by atoms with Crippen molar-refractivity contribution in [2.24, 2.45) is 0 Å². The van der Waals surface area contributed by atoms with E-state index in [1.807, 2.05) is 5.38 Å². The second kappa shape index (κ2) is 5.49. The number of thiazole rings is 1. The number of anilines is 1. The molecule has 3 aromatic rings. The van der Waals surface area contributed by atoms with Gasteiger partial charge in [0.15, 0.2) is 5.13 Å². The van der Waals surface area contributed by atoms with E-state index >= 15 is 0 Å². The Kier molecular flexibility index (Phi) is 3.53. The fourth-order valence-electron chi connectivity index (χ4n) is 1.87. The van der Waals surface area contributed by atoms with Crippen LogP contribution in [0.3, 0.4) is 0 Å². The molecular weight excluding hydrogens is 291 g/mol. The number of rotatable bonds is 3. The minimum absolute atomic E-state index is 0.263. The number of carbonyl (C=O) groups excluding carboxylic acids is 1. The maximum atomic E-state index is 12.9. The van der Waals surface area contributed by atoms with E-state index in [1.54, 1.807) is 25.1 Å². The van der Waals surface area contributed by atoms with Crippen molar-refractivity contribution in [3.63, 3.8) is 0 Å². The first-order valence-electron chi connectivity index (χ1n) is 6.20. The van der Waals surface area contributed by atoms with E-state index in [2.05, 4.69) is 10.3 Å². The Morgan fingerprint density at radius 3 is 2.71 bits per heavy atom. The molecule has 0 aliphatic heterocycles. The number of benzene rings is 1. The van der Waals surface area contributed by atoms with Crippen molar-refractivity contribution in [2.45, 2.75) is 6.92 Å². The zero-order valence-corrected chi connectivity index (χ0v) is 11.9. The van der Waals surface area contributed by atoms with Crippen LogP contribution in [0.5, 0.6) is 0 Å². The molecule has 0 aliphatic carbocycles. The number of aromatic nitrogens is 1. The molecule has 21 heavy (non-hydrogen) atoms. The highest BCUT2D eigenvalue weighted by Gasteiger charge is 2.13. The number of aryl methyl sites for hydroxylation is 1. The summed E-state index contributed by atoms with van der Waals surface area (Å²) >= 11 is 1.31. The summed E-state index contributed by atoms with van der Waals surface area (Å²) in [5.74, 6) is 0.00186. The zero-order chi connectivity index (χ0) is 14.8. The van der Waals surface area contributed by atoms with Crippen LogP contribution in [0.1, 0.15) is 16.1 Å². The third-order valence-corrected chi connectivity index (χ3v) is 3.73. The SMILES string of the molecule is Cc1occc1C(=O)Nc1nc(-c2ccc(F)cc2)cs1. The topological polar surface area (TPSA) is 55.1 Å². The molecule has 106 valence electrons. The van der Waals surface area contributed by atoms with Crippen molar-refractivity contribution >= 4 is 22.4 Å². The number of hydrogen-bond acceptors (Lipinski definition) is 4. The molecular formula is C15H11FN2O2S. The molecule has 0 aliphatic rings. The first kappa shape index (κ1) is 13.5. The molecule has 0 bridgehead atoms. The number of furan rings is 1. The second-order valence-corrected chi connectivity index (χ2v) is 5.25. The maximum Gasteiger partial charge on any atom is 0.260 e. The molecule has 1 N–H and O–H groups in total. The fourth-order valence-corrected chi connectivity index (χ4v) is 2.58. The highest BCUT2D eigenvalue weighted by molar-refractivity contribution is 7.14. The van der Waals surface area contributed by atoms with E-state index < -0.39 is 0 Å². The molecule has 6 heteroatoms. The summed E-state index contributed by atoms with van der Waals surface area (Å²) in [5.41, 5.74) is 1.97. The average Bonchev–Trinajstić information content (AvgIpc) is 3.09. The molecule has 2 heterocycles. The van der Waals surface area contributed by atoms with Crippen molar-refractivity contribution in [1.29, 1.82) is 0 Å². The predicted molar refractivity (Wildman–Crippen MR) is 78.9 cm³/mol. The predicted octanol–water partition coefficient (Wildman–Crippen LogP) is 4.10. The number of amides is 1. The standard InChI is InChI=1S/C15H11FN2O2S/c1-9-12(6-7-20-9)14(19)18-15-17-13(8-21-15)10-2-4-11(16)5-3-10/h2-8H,1H3,(H,17,18,19). The first-order chi connectivity index (χ1) is 10.1. The van der Waals surface area contributed by atoms with Gasteiger partial charge in [0.1, 0.15) is 11.6 Å². The Morgan fingerprint density at radius 1 is 1.29 bits per heavy atom. The van der Waals surface area contributed by atoms with E-state index in [-0.39, 0.29) is 11.7 Å². The number of halogens is 1. The Balaban J connectivity index is 1.78. The molecule has 0 spiro atoms. The highest BCUT2D eigenvalue weighted by atomic mass is 32.1. The molecule has 0 fully saturated rings. The lowest BCUT2D eigenvalue weighted by molar-refractivity contribution is 0.102. The van der Waals surface area contributed by atoms with Crippen molar-refractivity contribution < 1.29 is 13.6 Å². The Morgan fingerprint density at radius 2 is 2.05 bits per heavy atom. The summed E-state index contributed by atoms with van der Waals surface area (Å²) in [7, 11) is 0. The second-order valence-electron chi connectivity index (χ2n) is 4.39. The van der Waals surface area contributed by atoms with Crippen LogP contribution in [0, 0.1) is 12.7 Å². The Labute approximate surface area is 124 Å². The van der Waals surface area contributed by atoms with Crippen LogP contribution in [0.4, 0.5) is 9.52 Å². The average molecular weight is 302 g/mol. The number of carbonyl (C=O) groups is 1. The van der Waals surface area contributed by atoms with Gasteiger partial charge < -0.3 is 4.42 Å². The molecule has 1 amide bonds. The molecule has 0 radical (unpaired) electrons. The van der Waals surface area contributed by atoms with E-state index in [9.17, 15) is 9.18 Å². The van der Waals surface area contributed by atoms with Crippen molar-refractivity contribution in [3.05, 3.63) is 59.1 Å². The fraction of sp³-hybridized carbons (Fsp3) is 0.0667.